The van der Waals surface area contributed by atoms with E-state index in [0.29, 0.717) is 11.1 Å². The zero-order valence-corrected chi connectivity index (χ0v) is 14.6. The predicted molar refractivity (Wildman–Crippen MR) is 93.9 cm³/mol. The molecule has 0 aromatic heterocycles. The normalized spacial score (nSPS) is 13.8. The van der Waals surface area contributed by atoms with Gasteiger partial charge in [-0.25, -0.2) is 9.69 Å². The smallest absolute Gasteiger partial charge is 0.340 e. The van der Waals surface area contributed by atoms with Crippen LogP contribution in [0.3, 0.4) is 0 Å². The Balaban J connectivity index is 2.06. The first kappa shape index (κ1) is 16.9. The van der Waals surface area contributed by atoms with E-state index < -0.39 is 23.4 Å². The van der Waals surface area contributed by atoms with Crippen LogP contribution in [0, 0.1) is 6.92 Å². The van der Waals surface area contributed by atoms with Crippen LogP contribution in [0.15, 0.2) is 42.5 Å². The first-order valence-corrected chi connectivity index (χ1v) is 8.01. The molecule has 0 unspecified atom stereocenters. The van der Waals surface area contributed by atoms with Gasteiger partial charge in [0.1, 0.15) is 5.60 Å². The Labute approximate surface area is 146 Å². The third kappa shape index (κ3) is 3.05. The van der Waals surface area contributed by atoms with Gasteiger partial charge < -0.3 is 4.74 Å². The zero-order valence-electron chi connectivity index (χ0n) is 14.6. The number of benzene rings is 2. The molecule has 2 aromatic rings. The van der Waals surface area contributed by atoms with Crippen LogP contribution >= 0.6 is 0 Å². The van der Waals surface area contributed by atoms with E-state index in [1.165, 1.54) is 0 Å². The Hall–Kier alpha value is -2.95. The van der Waals surface area contributed by atoms with Crippen LogP contribution in [-0.4, -0.2) is 23.4 Å². The number of para-hydroxylation sites is 1. The van der Waals surface area contributed by atoms with E-state index in [0.717, 1.165) is 10.5 Å². The molecule has 0 saturated carbocycles. The molecule has 0 spiro atoms. The van der Waals surface area contributed by atoms with Gasteiger partial charge in [-0.15, -0.1) is 0 Å². The number of amides is 2. The number of imide groups is 1. The quantitative estimate of drug-likeness (QED) is 0.618. The lowest BCUT2D eigenvalue weighted by Crippen LogP contribution is -2.32. The van der Waals surface area contributed by atoms with Crippen molar-refractivity contribution in [1.82, 2.24) is 0 Å². The Morgan fingerprint density at radius 3 is 2.28 bits per heavy atom. The van der Waals surface area contributed by atoms with Crippen LogP contribution in [0.2, 0.25) is 0 Å². The van der Waals surface area contributed by atoms with Crippen LogP contribution in [0.25, 0.3) is 0 Å². The summed E-state index contributed by atoms with van der Waals surface area (Å²) in [5.74, 6) is -1.44. The number of carbonyl (C=O) groups is 3. The highest BCUT2D eigenvalue weighted by Crippen LogP contribution is 2.32. The summed E-state index contributed by atoms with van der Waals surface area (Å²) < 4.78 is 5.40. The van der Waals surface area contributed by atoms with E-state index in [1.807, 2.05) is 6.92 Å². The van der Waals surface area contributed by atoms with E-state index in [4.69, 9.17) is 4.74 Å². The van der Waals surface area contributed by atoms with Gasteiger partial charge in [0.2, 0.25) is 0 Å². The molecular weight excluding hydrogens is 318 g/mol. The Morgan fingerprint density at radius 2 is 1.60 bits per heavy atom. The average molecular weight is 337 g/mol. The topological polar surface area (TPSA) is 63.7 Å². The summed E-state index contributed by atoms with van der Waals surface area (Å²) in [7, 11) is 0. The minimum atomic E-state index is -0.677. The fraction of sp³-hybridized carbons (Fsp3) is 0.250. The largest absolute Gasteiger partial charge is 0.456 e. The molecule has 5 nitrogen and oxygen atoms in total. The van der Waals surface area contributed by atoms with Crippen molar-refractivity contribution in [2.24, 2.45) is 0 Å². The molecule has 0 fully saturated rings. The zero-order chi connectivity index (χ0) is 18.4. The van der Waals surface area contributed by atoms with E-state index in [-0.39, 0.29) is 11.3 Å². The Bertz CT molecular complexity index is 893. The molecule has 5 heteroatoms. The number of hydrogen-bond donors (Lipinski definition) is 0. The second kappa shape index (κ2) is 5.84. The molecular formula is C20H19NO4. The van der Waals surface area contributed by atoms with Gasteiger partial charge in [-0.3, -0.25) is 9.59 Å². The standard InChI is InChI=1S/C20H19NO4/c1-12-9-10-13-15(11-12)18(23)21(17(13)22)16-8-6-5-7-14(16)19(24)25-20(2,3)4/h5-11H,1-4H3. The molecule has 128 valence electrons. The highest BCUT2D eigenvalue weighted by molar-refractivity contribution is 6.35. The molecule has 1 heterocycles. The summed E-state index contributed by atoms with van der Waals surface area (Å²) >= 11 is 0. The minimum absolute atomic E-state index is 0.184. The molecule has 2 amide bonds. The van der Waals surface area contributed by atoms with Gasteiger partial charge in [0.15, 0.2) is 0 Å². The van der Waals surface area contributed by atoms with E-state index in [1.54, 1.807) is 63.2 Å². The molecule has 1 aliphatic heterocycles. The van der Waals surface area contributed by atoms with Gasteiger partial charge in [-0.2, -0.15) is 0 Å². The van der Waals surface area contributed by atoms with Gasteiger partial charge in [0.25, 0.3) is 11.8 Å². The molecule has 0 saturated heterocycles. The third-order valence-corrected chi connectivity index (χ3v) is 3.81. The average Bonchev–Trinajstić information content (AvgIpc) is 2.76. The van der Waals surface area contributed by atoms with Gasteiger partial charge in [-0.05, 0) is 52.0 Å². The number of aryl methyl sites for hydroxylation is 1. The number of ether oxygens (including phenoxy) is 1. The number of rotatable bonds is 2. The summed E-state index contributed by atoms with van der Waals surface area (Å²) in [6.45, 7) is 7.14. The van der Waals surface area contributed by atoms with Crippen molar-refractivity contribution in [1.29, 1.82) is 0 Å². The van der Waals surface area contributed by atoms with Crippen molar-refractivity contribution in [2.75, 3.05) is 4.90 Å². The fourth-order valence-electron chi connectivity index (χ4n) is 2.75. The third-order valence-electron chi connectivity index (χ3n) is 3.81. The van der Waals surface area contributed by atoms with E-state index in [2.05, 4.69) is 0 Å². The van der Waals surface area contributed by atoms with Crippen LogP contribution in [0.1, 0.15) is 57.4 Å². The first-order chi connectivity index (χ1) is 11.7. The Kier molecular flexibility index (Phi) is 3.95. The molecule has 0 aliphatic carbocycles. The maximum atomic E-state index is 12.8. The molecule has 1 aliphatic rings. The maximum absolute atomic E-state index is 12.8. The highest BCUT2D eigenvalue weighted by Gasteiger charge is 2.38. The summed E-state index contributed by atoms with van der Waals surface area (Å²) in [5.41, 5.74) is 1.33. The minimum Gasteiger partial charge on any atom is -0.456 e. The lowest BCUT2D eigenvalue weighted by molar-refractivity contribution is 0.00706. The van der Waals surface area contributed by atoms with Gasteiger partial charge in [0, 0.05) is 0 Å². The summed E-state index contributed by atoms with van der Waals surface area (Å²) in [4.78, 5) is 39.1. The van der Waals surface area contributed by atoms with Crippen molar-refractivity contribution < 1.29 is 19.1 Å². The lowest BCUT2D eigenvalue weighted by atomic mass is 10.1. The van der Waals surface area contributed by atoms with Gasteiger partial charge in [-0.1, -0.05) is 23.8 Å². The monoisotopic (exact) mass is 337 g/mol. The number of anilines is 1. The lowest BCUT2D eigenvalue weighted by Gasteiger charge is -2.22. The second-order valence-electron chi connectivity index (χ2n) is 7.01. The molecule has 0 bridgehead atoms. The van der Waals surface area contributed by atoms with Gasteiger partial charge in [0.05, 0.1) is 22.4 Å². The number of hydrogen-bond acceptors (Lipinski definition) is 4. The van der Waals surface area contributed by atoms with Crippen LogP contribution in [0.4, 0.5) is 5.69 Å². The van der Waals surface area contributed by atoms with E-state index in [9.17, 15) is 14.4 Å². The van der Waals surface area contributed by atoms with Crippen LogP contribution in [-0.2, 0) is 4.74 Å². The van der Waals surface area contributed by atoms with E-state index >= 15 is 0 Å². The predicted octanol–water partition coefficient (Wildman–Crippen LogP) is 3.75. The molecule has 0 N–H and O–H groups in total. The molecule has 3 rings (SSSR count). The van der Waals surface area contributed by atoms with Crippen LogP contribution < -0.4 is 4.90 Å². The summed E-state index contributed by atoms with van der Waals surface area (Å²) in [6, 6.07) is 11.6. The van der Waals surface area contributed by atoms with Crippen LogP contribution in [0.5, 0.6) is 0 Å². The summed E-state index contributed by atoms with van der Waals surface area (Å²) in [5, 5.41) is 0. The number of carbonyl (C=O) groups excluding carboxylic acids is 3. The molecule has 25 heavy (non-hydrogen) atoms. The maximum Gasteiger partial charge on any atom is 0.340 e. The molecule has 0 radical (unpaired) electrons. The van der Waals surface area contributed by atoms with Crippen molar-refractivity contribution in [2.45, 2.75) is 33.3 Å². The fourth-order valence-corrected chi connectivity index (χ4v) is 2.75. The van der Waals surface area contributed by atoms with Crippen molar-refractivity contribution in [3.8, 4) is 0 Å². The second-order valence-corrected chi connectivity index (χ2v) is 7.01. The van der Waals surface area contributed by atoms with Crippen molar-refractivity contribution in [3.63, 3.8) is 0 Å². The number of fused-ring (bicyclic) bond motifs is 1. The van der Waals surface area contributed by atoms with Crippen molar-refractivity contribution >= 4 is 23.5 Å². The highest BCUT2D eigenvalue weighted by atomic mass is 16.6. The molecule has 2 aromatic carbocycles. The Morgan fingerprint density at radius 1 is 0.960 bits per heavy atom. The first-order valence-electron chi connectivity index (χ1n) is 8.01. The molecule has 0 atom stereocenters. The SMILES string of the molecule is Cc1ccc2c(c1)C(=O)N(c1ccccc1C(=O)OC(C)(C)C)C2=O. The van der Waals surface area contributed by atoms with Crippen molar-refractivity contribution in [3.05, 3.63) is 64.7 Å². The summed E-state index contributed by atoms with van der Waals surface area (Å²) in [6.07, 6.45) is 0. The van der Waals surface area contributed by atoms with Gasteiger partial charge >= 0.3 is 5.97 Å². The number of esters is 1. The number of nitrogens with zero attached hydrogens (tertiary/aromatic N) is 1.